The van der Waals surface area contributed by atoms with Gasteiger partial charge in [-0.15, -0.1) is 0 Å². The van der Waals surface area contributed by atoms with E-state index in [9.17, 15) is 9.18 Å². The van der Waals surface area contributed by atoms with Gasteiger partial charge in [-0.3, -0.25) is 0 Å². The lowest BCUT2D eigenvalue weighted by atomic mass is 10.0. The fourth-order valence-electron chi connectivity index (χ4n) is 2.85. The van der Waals surface area contributed by atoms with Gasteiger partial charge in [0.1, 0.15) is 5.82 Å². The summed E-state index contributed by atoms with van der Waals surface area (Å²) >= 11 is 0. The molecule has 1 aliphatic heterocycles. The van der Waals surface area contributed by atoms with Crippen LogP contribution in [0.3, 0.4) is 0 Å². The Hall–Kier alpha value is -1.82. The Morgan fingerprint density at radius 1 is 1.35 bits per heavy atom. The summed E-state index contributed by atoms with van der Waals surface area (Å²) in [7, 11) is 0. The fourth-order valence-corrected chi connectivity index (χ4v) is 2.85. The number of urea groups is 1. The summed E-state index contributed by atoms with van der Waals surface area (Å²) in [4.78, 5) is 14.0. The van der Waals surface area contributed by atoms with E-state index < -0.39 is 0 Å². The van der Waals surface area contributed by atoms with Crippen LogP contribution in [0.2, 0.25) is 0 Å². The van der Waals surface area contributed by atoms with Crippen LogP contribution < -0.4 is 15.5 Å². The molecular formula is C17H26FN3O2. The van der Waals surface area contributed by atoms with Crippen LogP contribution in [-0.4, -0.2) is 36.9 Å². The number of nitrogens with zero attached hydrogens (tertiary/aromatic N) is 1. The third-order valence-corrected chi connectivity index (χ3v) is 4.21. The normalized spacial score (nSPS) is 15.8. The van der Waals surface area contributed by atoms with Gasteiger partial charge >= 0.3 is 6.03 Å². The smallest absolute Gasteiger partial charge is 0.319 e. The maximum atomic E-state index is 14.2. The van der Waals surface area contributed by atoms with E-state index in [2.05, 4.69) is 10.6 Å². The van der Waals surface area contributed by atoms with Crippen molar-refractivity contribution in [2.75, 3.05) is 29.9 Å². The number of carbonyl (C=O) groups excluding carboxylic acids is 1. The van der Waals surface area contributed by atoms with Gasteiger partial charge in [0.2, 0.25) is 0 Å². The predicted octanol–water partition coefficient (Wildman–Crippen LogP) is 2.95. The molecule has 0 spiro atoms. The molecule has 3 N–H and O–H groups in total. The third kappa shape index (κ3) is 4.82. The molecule has 1 unspecified atom stereocenters. The van der Waals surface area contributed by atoms with Crippen molar-refractivity contribution in [3.8, 4) is 0 Å². The molecule has 0 aromatic heterocycles. The Bertz CT molecular complexity index is 531. The van der Waals surface area contributed by atoms with E-state index >= 15 is 0 Å². The van der Waals surface area contributed by atoms with E-state index in [1.807, 2.05) is 18.7 Å². The van der Waals surface area contributed by atoms with Crippen LogP contribution in [0.5, 0.6) is 0 Å². The maximum Gasteiger partial charge on any atom is 0.319 e. The minimum Gasteiger partial charge on any atom is -0.396 e. The molecule has 128 valence electrons. The van der Waals surface area contributed by atoms with Crippen molar-refractivity contribution in [3.05, 3.63) is 24.0 Å². The number of halogens is 1. The molecule has 1 heterocycles. The monoisotopic (exact) mass is 323 g/mol. The average molecular weight is 323 g/mol. The van der Waals surface area contributed by atoms with Crippen LogP contribution in [-0.2, 0) is 0 Å². The predicted molar refractivity (Wildman–Crippen MR) is 90.3 cm³/mol. The first kappa shape index (κ1) is 17.5. The number of carbonyl (C=O) groups is 1. The average Bonchev–Trinajstić information content (AvgIpc) is 3.00. The quantitative estimate of drug-likeness (QED) is 0.754. The Kier molecular flexibility index (Phi) is 6.21. The molecule has 5 nitrogen and oxygen atoms in total. The van der Waals surface area contributed by atoms with Gasteiger partial charge in [0, 0.05) is 31.4 Å². The number of nitrogens with one attached hydrogen (secondary N) is 2. The van der Waals surface area contributed by atoms with Gasteiger partial charge < -0.3 is 20.6 Å². The molecule has 23 heavy (non-hydrogen) atoms. The lowest BCUT2D eigenvalue weighted by Gasteiger charge is -2.22. The van der Waals surface area contributed by atoms with Crippen molar-refractivity contribution < 1.29 is 14.3 Å². The van der Waals surface area contributed by atoms with Crippen molar-refractivity contribution in [3.63, 3.8) is 0 Å². The molecule has 1 aliphatic rings. The minimum absolute atomic E-state index is 0.0162. The number of amides is 2. The second kappa shape index (κ2) is 8.15. The number of aliphatic hydroxyl groups excluding tert-OH is 1. The van der Waals surface area contributed by atoms with Gasteiger partial charge in [0.05, 0.1) is 5.69 Å². The highest BCUT2D eigenvalue weighted by Crippen LogP contribution is 2.26. The largest absolute Gasteiger partial charge is 0.396 e. The van der Waals surface area contributed by atoms with Gasteiger partial charge in [-0.25, -0.2) is 9.18 Å². The second-order valence-corrected chi connectivity index (χ2v) is 6.32. The van der Waals surface area contributed by atoms with Crippen molar-refractivity contribution >= 4 is 17.4 Å². The molecule has 1 aromatic rings. The molecule has 1 atom stereocenters. The van der Waals surface area contributed by atoms with Crippen LogP contribution in [0, 0.1) is 11.7 Å². The molecule has 0 aliphatic carbocycles. The highest BCUT2D eigenvalue weighted by molar-refractivity contribution is 5.89. The van der Waals surface area contributed by atoms with Crippen molar-refractivity contribution in [1.29, 1.82) is 0 Å². The zero-order chi connectivity index (χ0) is 16.8. The SMILES string of the molecule is CC(C)C(CCO)NC(=O)Nc1ccc(N2CCCC2)c(F)c1. The summed E-state index contributed by atoms with van der Waals surface area (Å²) in [5.41, 5.74) is 1.02. The lowest BCUT2D eigenvalue weighted by Crippen LogP contribution is -2.41. The first-order valence-corrected chi connectivity index (χ1v) is 8.24. The Balaban J connectivity index is 1.96. The Morgan fingerprint density at radius 2 is 2.04 bits per heavy atom. The maximum absolute atomic E-state index is 14.2. The summed E-state index contributed by atoms with van der Waals surface area (Å²) in [6, 6.07) is 4.28. The van der Waals surface area contributed by atoms with E-state index in [0.717, 1.165) is 25.9 Å². The van der Waals surface area contributed by atoms with E-state index in [0.29, 0.717) is 17.8 Å². The van der Waals surface area contributed by atoms with E-state index in [-0.39, 0.29) is 30.4 Å². The highest BCUT2D eigenvalue weighted by Gasteiger charge is 2.18. The number of hydrogen-bond acceptors (Lipinski definition) is 3. The van der Waals surface area contributed by atoms with E-state index in [4.69, 9.17) is 5.11 Å². The standard InChI is InChI=1S/C17H26FN3O2/c1-12(2)15(7-10-22)20-17(23)19-13-5-6-16(14(18)11-13)21-8-3-4-9-21/h5-6,11-12,15,22H,3-4,7-10H2,1-2H3,(H2,19,20,23). The van der Waals surface area contributed by atoms with Gasteiger partial charge in [0.15, 0.2) is 0 Å². The molecule has 1 aromatic carbocycles. The Labute approximate surface area is 136 Å². The molecule has 0 radical (unpaired) electrons. The summed E-state index contributed by atoms with van der Waals surface area (Å²) in [5.74, 6) is -0.109. The summed E-state index contributed by atoms with van der Waals surface area (Å²) in [6.45, 7) is 5.72. The molecule has 0 saturated carbocycles. The number of anilines is 2. The van der Waals surface area contributed by atoms with Gasteiger partial charge in [0.25, 0.3) is 0 Å². The summed E-state index contributed by atoms with van der Waals surface area (Å²) in [5, 5.41) is 14.5. The molecule has 2 amide bonds. The molecule has 6 heteroatoms. The van der Waals surface area contributed by atoms with Crippen molar-refractivity contribution in [2.45, 2.75) is 39.2 Å². The molecule has 1 fully saturated rings. The number of benzene rings is 1. The van der Waals surface area contributed by atoms with Gasteiger partial charge in [-0.2, -0.15) is 0 Å². The molecule has 1 saturated heterocycles. The Morgan fingerprint density at radius 3 is 2.61 bits per heavy atom. The second-order valence-electron chi connectivity index (χ2n) is 6.32. The molecular weight excluding hydrogens is 297 g/mol. The fraction of sp³-hybridized carbons (Fsp3) is 0.588. The first-order chi connectivity index (χ1) is 11.0. The van der Waals surface area contributed by atoms with Crippen LogP contribution in [0.15, 0.2) is 18.2 Å². The minimum atomic E-state index is -0.384. The van der Waals surface area contributed by atoms with Crippen LogP contribution in [0.4, 0.5) is 20.6 Å². The topological polar surface area (TPSA) is 64.6 Å². The van der Waals surface area contributed by atoms with Crippen LogP contribution >= 0.6 is 0 Å². The summed E-state index contributed by atoms with van der Waals surface area (Å²) in [6.07, 6.45) is 2.67. The highest BCUT2D eigenvalue weighted by atomic mass is 19.1. The number of hydrogen-bond donors (Lipinski definition) is 3. The van der Waals surface area contributed by atoms with Gasteiger partial charge in [-0.1, -0.05) is 13.8 Å². The van der Waals surface area contributed by atoms with Crippen LogP contribution in [0.25, 0.3) is 0 Å². The van der Waals surface area contributed by atoms with Crippen LogP contribution in [0.1, 0.15) is 33.1 Å². The van der Waals surface area contributed by atoms with Crippen molar-refractivity contribution in [2.24, 2.45) is 5.92 Å². The lowest BCUT2D eigenvalue weighted by molar-refractivity contribution is 0.227. The molecule has 2 rings (SSSR count). The molecule has 0 bridgehead atoms. The number of aliphatic hydroxyl groups is 1. The van der Waals surface area contributed by atoms with Gasteiger partial charge in [-0.05, 0) is 43.4 Å². The number of rotatable bonds is 6. The zero-order valence-electron chi connectivity index (χ0n) is 13.8. The van der Waals surface area contributed by atoms with E-state index in [1.165, 1.54) is 6.07 Å². The van der Waals surface area contributed by atoms with E-state index in [1.54, 1.807) is 12.1 Å². The zero-order valence-corrected chi connectivity index (χ0v) is 13.8. The third-order valence-electron chi connectivity index (χ3n) is 4.21. The first-order valence-electron chi connectivity index (χ1n) is 8.24. The van der Waals surface area contributed by atoms with Crippen molar-refractivity contribution in [1.82, 2.24) is 5.32 Å². The summed E-state index contributed by atoms with van der Waals surface area (Å²) < 4.78 is 14.2.